The molecule has 4 unspecified atom stereocenters. The zero-order valence-electron chi connectivity index (χ0n) is 59.5. The topological polar surface area (TPSA) is 237 Å². The number of esters is 4. The van der Waals surface area contributed by atoms with Crippen molar-refractivity contribution in [3.05, 3.63) is 24.3 Å². The zero-order chi connectivity index (χ0) is 68.0. The van der Waals surface area contributed by atoms with Gasteiger partial charge >= 0.3 is 39.5 Å². The Morgan fingerprint density at radius 3 is 0.967 bits per heavy atom. The Kier molecular flexibility index (Phi) is 61.6. The fourth-order valence-electron chi connectivity index (χ4n) is 10.5. The maximum atomic E-state index is 13.0. The molecular formula is C73H138O17P2. The van der Waals surface area contributed by atoms with Crippen molar-refractivity contribution in [2.45, 2.75) is 362 Å². The van der Waals surface area contributed by atoms with Gasteiger partial charge in [0, 0.05) is 25.7 Å². The molecule has 19 heteroatoms. The largest absolute Gasteiger partial charge is 0.472 e. The fourth-order valence-corrected chi connectivity index (χ4v) is 12.1. The molecule has 17 nitrogen and oxygen atoms in total. The van der Waals surface area contributed by atoms with Crippen LogP contribution in [0.2, 0.25) is 0 Å². The molecule has 0 fully saturated rings. The molecule has 0 saturated heterocycles. The molecule has 0 amide bonds. The minimum Gasteiger partial charge on any atom is -0.462 e. The summed E-state index contributed by atoms with van der Waals surface area (Å²) in [5.41, 5.74) is 0. The second-order valence-electron chi connectivity index (χ2n) is 26.8. The maximum absolute atomic E-state index is 13.0. The van der Waals surface area contributed by atoms with E-state index in [0.717, 1.165) is 115 Å². The number of carbonyl (C=O) groups is 4. The van der Waals surface area contributed by atoms with Gasteiger partial charge in [-0.1, -0.05) is 291 Å². The third-order valence-corrected chi connectivity index (χ3v) is 18.5. The van der Waals surface area contributed by atoms with Gasteiger partial charge in [0.1, 0.15) is 19.3 Å². The van der Waals surface area contributed by atoms with E-state index in [1.165, 1.54) is 135 Å². The summed E-state index contributed by atoms with van der Waals surface area (Å²) in [6.07, 6.45) is 51.0. The van der Waals surface area contributed by atoms with Crippen molar-refractivity contribution in [1.82, 2.24) is 0 Å². The number of carbonyl (C=O) groups excluding carboxylic acids is 4. The number of phosphoric ester groups is 2. The molecule has 0 aromatic heterocycles. The highest BCUT2D eigenvalue weighted by Gasteiger charge is 2.30. The van der Waals surface area contributed by atoms with Crippen LogP contribution in [0.15, 0.2) is 24.3 Å². The predicted molar refractivity (Wildman–Crippen MR) is 372 cm³/mol. The predicted octanol–water partition coefficient (Wildman–Crippen LogP) is 20.6. The summed E-state index contributed by atoms with van der Waals surface area (Å²) < 4.78 is 68.3. The van der Waals surface area contributed by atoms with Gasteiger partial charge < -0.3 is 33.8 Å². The Labute approximate surface area is 561 Å². The molecule has 0 rings (SSSR count). The van der Waals surface area contributed by atoms with E-state index in [4.69, 9.17) is 37.0 Å². The van der Waals surface area contributed by atoms with Crippen molar-refractivity contribution in [3.8, 4) is 0 Å². The molecule has 6 atom stereocenters. The molecule has 0 aliphatic carbocycles. The first-order chi connectivity index (χ1) is 44.3. The van der Waals surface area contributed by atoms with Crippen LogP contribution in [-0.2, 0) is 65.4 Å². The van der Waals surface area contributed by atoms with Crippen molar-refractivity contribution in [2.75, 3.05) is 39.6 Å². The minimum atomic E-state index is -4.96. The van der Waals surface area contributed by atoms with Crippen molar-refractivity contribution >= 4 is 39.5 Å². The van der Waals surface area contributed by atoms with Crippen molar-refractivity contribution < 1.29 is 80.2 Å². The molecule has 92 heavy (non-hydrogen) atoms. The van der Waals surface area contributed by atoms with E-state index >= 15 is 0 Å². The highest BCUT2D eigenvalue weighted by molar-refractivity contribution is 7.47. The van der Waals surface area contributed by atoms with Crippen LogP contribution in [0.5, 0.6) is 0 Å². The Bertz CT molecular complexity index is 1900. The van der Waals surface area contributed by atoms with Crippen LogP contribution in [0.25, 0.3) is 0 Å². The van der Waals surface area contributed by atoms with Gasteiger partial charge in [0.05, 0.1) is 26.4 Å². The highest BCUT2D eigenvalue weighted by atomic mass is 31.2. The summed E-state index contributed by atoms with van der Waals surface area (Å²) in [6, 6.07) is 0. The third-order valence-electron chi connectivity index (χ3n) is 16.6. The van der Waals surface area contributed by atoms with Crippen LogP contribution in [0, 0.1) is 17.8 Å². The SMILES string of the molecule is CCCCCC/C=C\C=C/CCCCCCCC(=O)O[C@H](COC(=O)CCCCCCCCCC(C)C)COP(=O)(O)OCC(O)COP(=O)(O)OC[C@@H](COC(=O)CCCCCCCCCCCCCCCCC(C)CC)OC(=O)CCCCCCCCC(C)C. The van der Waals surface area contributed by atoms with E-state index in [0.29, 0.717) is 37.5 Å². The Morgan fingerprint density at radius 1 is 0.359 bits per heavy atom. The van der Waals surface area contributed by atoms with E-state index in [-0.39, 0.29) is 25.7 Å². The fraction of sp³-hybridized carbons (Fsp3) is 0.890. The molecule has 3 N–H and O–H groups in total. The first-order valence-electron chi connectivity index (χ1n) is 37.2. The summed E-state index contributed by atoms with van der Waals surface area (Å²) in [7, 11) is -9.92. The summed E-state index contributed by atoms with van der Waals surface area (Å²) in [6.45, 7) is 11.7. The molecule has 0 heterocycles. The summed E-state index contributed by atoms with van der Waals surface area (Å²) >= 11 is 0. The Morgan fingerprint density at radius 2 is 0.641 bits per heavy atom. The summed E-state index contributed by atoms with van der Waals surface area (Å²) in [5, 5.41) is 10.6. The van der Waals surface area contributed by atoms with Crippen LogP contribution >= 0.6 is 15.6 Å². The van der Waals surface area contributed by atoms with E-state index in [9.17, 15) is 43.2 Å². The number of hydrogen-bond acceptors (Lipinski definition) is 15. The minimum absolute atomic E-state index is 0.0837. The maximum Gasteiger partial charge on any atom is 0.472 e. The average Bonchev–Trinajstić information content (AvgIpc) is 2.42. The van der Waals surface area contributed by atoms with Gasteiger partial charge in [-0.3, -0.25) is 37.3 Å². The van der Waals surface area contributed by atoms with Gasteiger partial charge in [0.15, 0.2) is 12.2 Å². The summed E-state index contributed by atoms with van der Waals surface area (Å²) in [5.74, 6) is 0.0591. The van der Waals surface area contributed by atoms with Crippen molar-refractivity contribution in [3.63, 3.8) is 0 Å². The number of allylic oxidation sites excluding steroid dienone is 4. The van der Waals surface area contributed by atoms with Gasteiger partial charge in [-0.15, -0.1) is 0 Å². The normalized spacial score (nSPS) is 14.6. The van der Waals surface area contributed by atoms with E-state index in [1.807, 2.05) is 0 Å². The van der Waals surface area contributed by atoms with Gasteiger partial charge in [0.25, 0.3) is 0 Å². The third kappa shape index (κ3) is 64.9. The monoisotopic (exact) mass is 1350 g/mol. The molecule has 542 valence electrons. The molecular weight excluding hydrogens is 1210 g/mol. The summed E-state index contributed by atoms with van der Waals surface area (Å²) in [4.78, 5) is 72.5. The highest BCUT2D eigenvalue weighted by Crippen LogP contribution is 2.45. The quantitative estimate of drug-likeness (QED) is 0.0169. The molecule has 0 aliphatic rings. The lowest BCUT2D eigenvalue weighted by molar-refractivity contribution is -0.161. The first-order valence-corrected chi connectivity index (χ1v) is 40.2. The number of phosphoric acid groups is 2. The van der Waals surface area contributed by atoms with Crippen molar-refractivity contribution in [1.29, 1.82) is 0 Å². The first kappa shape index (κ1) is 89.5. The molecule has 0 aromatic rings. The van der Waals surface area contributed by atoms with Gasteiger partial charge in [-0.2, -0.15) is 0 Å². The molecule has 0 radical (unpaired) electrons. The number of aliphatic hydroxyl groups excluding tert-OH is 1. The average molecular weight is 1350 g/mol. The smallest absolute Gasteiger partial charge is 0.462 e. The van der Waals surface area contributed by atoms with Crippen LogP contribution in [0.3, 0.4) is 0 Å². The second-order valence-corrected chi connectivity index (χ2v) is 29.7. The second kappa shape index (κ2) is 63.3. The lowest BCUT2D eigenvalue weighted by atomic mass is 9.99. The van der Waals surface area contributed by atoms with Crippen LogP contribution in [0.4, 0.5) is 0 Å². The van der Waals surface area contributed by atoms with Gasteiger partial charge in [0.2, 0.25) is 0 Å². The number of rotatable bonds is 69. The number of ether oxygens (including phenoxy) is 4. The van der Waals surface area contributed by atoms with Crippen LogP contribution in [-0.4, -0.2) is 96.7 Å². The molecule has 0 aliphatic heterocycles. The molecule has 0 saturated carbocycles. The standard InChI is InChI=1S/C73H138O17P2/c1-8-10-11-12-13-14-15-16-17-22-25-28-33-42-49-56-72(77)89-68(60-84-71(76)55-48-41-34-29-30-37-44-51-64(3)4)62-87-91(79,80)85-58-67(74)59-86-92(81,82)88-63-69(90-73(78)57-50-43-36-35-38-45-52-65(5)6)61-83-70(75)54-47-40-32-27-24-21-19-18-20-23-26-31-39-46-53-66(7)9-2/h14-17,64-69,74H,8-13,18-63H2,1-7H3,(H,79,80)(H,81,82)/b15-14-,17-16-/t66?,67?,68-,69-/m1/s1. The zero-order valence-corrected chi connectivity index (χ0v) is 61.3. The molecule has 0 aromatic carbocycles. The molecule has 0 bridgehead atoms. The van der Waals surface area contributed by atoms with Gasteiger partial charge in [-0.05, 0) is 69.1 Å². The Balaban J connectivity index is 5.21. The van der Waals surface area contributed by atoms with Crippen molar-refractivity contribution in [2.24, 2.45) is 17.8 Å². The van der Waals surface area contributed by atoms with Gasteiger partial charge in [-0.25, -0.2) is 9.13 Å². The number of aliphatic hydroxyl groups is 1. The Hall–Kier alpha value is -2.46. The van der Waals surface area contributed by atoms with Crippen LogP contribution in [0.1, 0.15) is 344 Å². The molecule has 0 spiro atoms. The number of hydrogen-bond donors (Lipinski definition) is 3. The lowest BCUT2D eigenvalue weighted by Crippen LogP contribution is -2.30. The van der Waals surface area contributed by atoms with E-state index in [2.05, 4.69) is 72.8 Å². The lowest BCUT2D eigenvalue weighted by Gasteiger charge is -2.21. The van der Waals surface area contributed by atoms with E-state index < -0.39 is 97.5 Å². The van der Waals surface area contributed by atoms with Crippen LogP contribution < -0.4 is 0 Å². The van der Waals surface area contributed by atoms with E-state index in [1.54, 1.807) is 0 Å². The number of unbranched alkanes of at least 4 members (excludes halogenated alkanes) is 33.